The van der Waals surface area contributed by atoms with Crippen molar-refractivity contribution in [3.63, 3.8) is 0 Å². The minimum atomic E-state index is -1.28. The van der Waals surface area contributed by atoms with Crippen molar-refractivity contribution >= 4 is 70.6 Å². The van der Waals surface area contributed by atoms with Gasteiger partial charge in [0.25, 0.3) is 5.91 Å². The Labute approximate surface area is 351 Å². The van der Waals surface area contributed by atoms with Crippen LogP contribution in [0.15, 0.2) is 48.7 Å². The first-order valence-electron chi connectivity index (χ1n) is 19.9. The quantitative estimate of drug-likeness (QED) is 0.0653. The van der Waals surface area contributed by atoms with Gasteiger partial charge in [-0.1, -0.05) is 48.9 Å². The van der Waals surface area contributed by atoms with Crippen LogP contribution in [0.3, 0.4) is 0 Å². The second-order valence-electron chi connectivity index (χ2n) is 16.8. The molecule has 0 bridgehead atoms. The Kier molecular flexibility index (Phi) is 11.7. The fourth-order valence-electron chi connectivity index (χ4n) is 8.32. The van der Waals surface area contributed by atoms with Crippen molar-refractivity contribution in [2.45, 2.75) is 85.9 Å². The molecule has 1 atom stereocenters. The maximum absolute atomic E-state index is 15.3. The number of benzene rings is 3. The zero-order valence-corrected chi connectivity index (χ0v) is 37.7. The van der Waals surface area contributed by atoms with Crippen molar-refractivity contribution < 1.29 is 23.8 Å². The molecule has 306 valence electrons. The Morgan fingerprint density at radius 2 is 1.69 bits per heavy atom. The maximum atomic E-state index is 15.3. The third kappa shape index (κ3) is 7.69. The third-order valence-electron chi connectivity index (χ3n) is 11.4. The minimum Gasteiger partial charge on any atom is -0.494 e. The van der Waals surface area contributed by atoms with Gasteiger partial charge in [-0.15, -0.1) is 0 Å². The maximum Gasteiger partial charge on any atom is 0.338 e. The average Bonchev–Trinajstić information content (AvgIpc) is 3.82. The van der Waals surface area contributed by atoms with Gasteiger partial charge in [0.15, 0.2) is 0 Å². The average molecular weight is 843 g/mol. The van der Waals surface area contributed by atoms with Crippen LogP contribution in [0, 0.1) is 27.7 Å². The number of carbonyl (C=O) groups excluding carboxylic acids is 2. The van der Waals surface area contributed by atoms with Gasteiger partial charge in [-0.25, -0.2) is 4.79 Å². The normalized spacial score (nSPS) is 14.5. The summed E-state index contributed by atoms with van der Waals surface area (Å²) in [6.07, 6.45) is 3.16. The van der Waals surface area contributed by atoms with E-state index in [0.29, 0.717) is 61.3 Å². The molecule has 0 saturated heterocycles. The number of aryl methyl sites for hydroxylation is 5. The molecule has 10 nitrogen and oxygen atoms in total. The van der Waals surface area contributed by atoms with E-state index < -0.39 is 14.0 Å². The molecule has 3 aromatic carbocycles. The summed E-state index contributed by atoms with van der Waals surface area (Å²) in [5.41, 5.74) is 9.84. The number of esters is 1. The molecule has 0 fully saturated rings. The van der Waals surface area contributed by atoms with E-state index in [1.54, 1.807) is 11.0 Å². The molecule has 13 heteroatoms. The number of methoxy groups -OCH3 is 1. The summed E-state index contributed by atoms with van der Waals surface area (Å²) in [5.74, 6) is 0.137. The summed E-state index contributed by atoms with van der Waals surface area (Å²) in [6, 6.07) is 14.4. The predicted octanol–water partition coefficient (Wildman–Crippen LogP) is 10.9. The van der Waals surface area contributed by atoms with Crippen LogP contribution in [0.5, 0.6) is 5.75 Å². The van der Waals surface area contributed by atoms with Gasteiger partial charge in [-0.2, -0.15) is 5.10 Å². The fraction of sp³-hybridized carbons (Fsp3) is 0.400. The Hall–Kier alpha value is -4.55. The van der Waals surface area contributed by atoms with Crippen molar-refractivity contribution in [2.75, 3.05) is 31.8 Å². The highest BCUT2D eigenvalue weighted by atomic mass is 35.5. The van der Waals surface area contributed by atoms with Crippen LogP contribution in [0.1, 0.15) is 68.3 Å². The molecule has 3 aromatic heterocycles. The Bertz CT molecular complexity index is 2560. The van der Waals surface area contributed by atoms with Gasteiger partial charge in [0.1, 0.15) is 18.2 Å². The van der Waals surface area contributed by atoms with E-state index in [9.17, 15) is 4.79 Å². The van der Waals surface area contributed by atoms with Gasteiger partial charge in [0.2, 0.25) is 0 Å². The molecule has 0 unspecified atom stereocenters. The predicted molar refractivity (Wildman–Crippen MR) is 237 cm³/mol. The molecule has 1 aliphatic heterocycles. The van der Waals surface area contributed by atoms with Gasteiger partial charge in [0.05, 0.1) is 41.0 Å². The zero-order valence-electron chi connectivity index (χ0n) is 35.2. The summed E-state index contributed by atoms with van der Waals surface area (Å²) >= 11 is 13.6. The van der Waals surface area contributed by atoms with Gasteiger partial charge in [-0.3, -0.25) is 9.48 Å². The molecule has 0 aliphatic carbocycles. The lowest BCUT2D eigenvalue weighted by Crippen LogP contribution is -2.42. The number of amides is 1. The first kappa shape index (κ1) is 41.6. The topological polar surface area (TPSA) is 92.8 Å². The van der Waals surface area contributed by atoms with Gasteiger partial charge < -0.3 is 28.2 Å². The number of rotatable bonds is 13. The number of nitrogens with zero attached hydrogens (tertiary/aromatic N) is 5. The molecule has 7 rings (SSSR count). The standard InChI is InChI=1S/C45H53Cl2N5O5Si/c1-26-20-32(21-27(2)41(26)47)57-17-11-12-34-35-13-14-37(46)40(39-29(4)48-49(6)30(39)5)42(35)52-28(3)24-51(44(53)43(34)52)31-22-36(45(54)55-7)33-15-16-50(38(33)23-31)25-56-18-19-58(8,9)10/h13-16,20-23,28H,11-12,17-19,24-25H2,1-10H3/t28-/m1/s1. The van der Waals surface area contributed by atoms with Crippen molar-refractivity contribution in [3.8, 4) is 16.9 Å². The number of hydrogen-bond donors (Lipinski definition) is 0. The molecule has 0 spiro atoms. The molecule has 58 heavy (non-hydrogen) atoms. The fourth-order valence-corrected chi connectivity index (χ4v) is 9.43. The summed E-state index contributed by atoms with van der Waals surface area (Å²) < 4.78 is 23.7. The lowest BCUT2D eigenvalue weighted by Gasteiger charge is -2.34. The Balaban J connectivity index is 1.33. The SMILES string of the molecule is COC(=O)c1cc(N2C[C@@H](C)n3c(c(CCCOc4cc(C)c(Cl)c(C)c4)c4ccc(Cl)c(-c5c(C)nn(C)c5C)c43)C2=O)cc2c1ccn2COCC[Si](C)(C)C. The molecule has 1 amide bonds. The molecule has 0 saturated carbocycles. The first-order chi connectivity index (χ1) is 27.5. The van der Waals surface area contributed by atoms with E-state index in [-0.39, 0.29) is 11.9 Å². The number of aromatic nitrogens is 4. The lowest BCUT2D eigenvalue weighted by molar-refractivity contribution is 0.0602. The second-order valence-corrected chi connectivity index (χ2v) is 23.2. The Morgan fingerprint density at radius 3 is 2.34 bits per heavy atom. The van der Waals surface area contributed by atoms with Gasteiger partial charge in [-0.05, 0) is 107 Å². The number of carbonyl (C=O) groups is 2. The first-order valence-corrected chi connectivity index (χ1v) is 24.3. The number of hydrogen-bond acceptors (Lipinski definition) is 6. The van der Waals surface area contributed by atoms with Crippen molar-refractivity contribution in [1.29, 1.82) is 0 Å². The van der Waals surface area contributed by atoms with Crippen LogP contribution in [-0.4, -0.2) is 65.7 Å². The van der Waals surface area contributed by atoms with Crippen LogP contribution in [0.25, 0.3) is 32.9 Å². The van der Waals surface area contributed by atoms with Crippen molar-refractivity contribution in [3.05, 3.63) is 98.0 Å². The van der Waals surface area contributed by atoms with Crippen LogP contribution in [0.4, 0.5) is 5.69 Å². The second kappa shape index (κ2) is 16.2. The summed E-state index contributed by atoms with van der Waals surface area (Å²) in [6.45, 7) is 18.9. The molecular formula is C45H53Cl2N5O5Si. The van der Waals surface area contributed by atoms with Gasteiger partial charge >= 0.3 is 5.97 Å². The number of fused-ring (bicyclic) bond motifs is 4. The molecule has 4 heterocycles. The van der Waals surface area contributed by atoms with Crippen molar-refractivity contribution in [1.82, 2.24) is 18.9 Å². The van der Waals surface area contributed by atoms with Crippen LogP contribution in [0.2, 0.25) is 35.7 Å². The van der Waals surface area contributed by atoms with Gasteiger partial charge in [0, 0.05) is 78.8 Å². The largest absolute Gasteiger partial charge is 0.494 e. The van der Waals surface area contributed by atoms with E-state index in [4.69, 9.17) is 42.5 Å². The van der Waals surface area contributed by atoms with Crippen molar-refractivity contribution in [2.24, 2.45) is 7.05 Å². The highest BCUT2D eigenvalue weighted by Gasteiger charge is 2.37. The van der Waals surface area contributed by atoms with E-state index in [2.05, 4.69) is 31.1 Å². The minimum absolute atomic E-state index is 0.157. The summed E-state index contributed by atoms with van der Waals surface area (Å²) in [5, 5.41) is 7.78. The Morgan fingerprint density at radius 1 is 0.966 bits per heavy atom. The highest BCUT2D eigenvalue weighted by Crippen LogP contribution is 2.45. The van der Waals surface area contributed by atoms with Crippen LogP contribution < -0.4 is 9.64 Å². The smallest absolute Gasteiger partial charge is 0.338 e. The van der Waals surface area contributed by atoms with Crippen LogP contribution >= 0.6 is 23.2 Å². The molecule has 0 radical (unpaired) electrons. The van der Waals surface area contributed by atoms with E-state index >= 15 is 4.79 Å². The zero-order chi connectivity index (χ0) is 41.8. The number of halogens is 2. The molecule has 1 aliphatic rings. The highest BCUT2D eigenvalue weighted by molar-refractivity contribution is 6.76. The monoisotopic (exact) mass is 841 g/mol. The molecule has 0 N–H and O–H groups in total. The van der Waals surface area contributed by atoms with E-state index in [0.717, 1.165) is 77.8 Å². The van der Waals surface area contributed by atoms with E-state index in [1.165, 1.54) is 7.11 Å². The lowest BCUT2D eigenvalue weighted by atomic mass is 9.98. The number of anilines is 1. The third-order valence-corrected chi connectivity index (χ3v) is 14.0. The molecule has 6 aromatic rings. The molecular weight excluding hydrogens is 790 g/mol. The van der Waals surface area contributed by atoms with E-state index in [1.807, 2.05) is 86.6 Å². The number of ether oxygens (including phenoxy) is 3. The van der Waals surface area contributed by atoms with Crippen LogP contribution in [-0.2, 0) is 29.7 Å². The summed E-state index contributed by atoms with van der Waals surface area (Å²) in [7, 11) is 2.03. The summed E-state index contributed by atoms with van der Waals surface area (Å²) in [4.78, 5) is 30.4.